The standard InChI is InChI=1S/C8H18N/c1-4-7-8(5-2)9-6-3/h8-9H,3-7H2,1-2H3. The van der Waals surface area contributed by atoms with Crippen molar-refractivity contribution < 1.29 is 0 Å². The fourth-order valence-electron chi connectivity index (χ4n) is 1.00. The van der Waals surface area contributed by atoms with Crippen molar-refractivity contribution in [3.8, 4) is 0 Å². The van der Waals surface area contributed by atoms with Crippen LogP contribution in [0.4, 0.5) is 0 Å². The molecule has 0 amide bonds. The minimum absolute atomic E-state index is 0.701. The van der Waals surface area contributed by atoms with Crippen LogP contribution in [0.5, 0.6) is 0 Å². The van der Waals surface area contributed by atoms with E-state index in [2.05, 4.69) is 26.1 Å². The Morgan fingerprint density at radius 3 is 2.44 bits per heavy atom. The second-order valence-corrected chi connectivity index (χ2v) is 2.35. The van der Waals surface area contributed by atoms with Gasteiger partial charge in [-0.3, -0.25) is 0 Å². The maximum atomic E-state index is 3.74. The zero-order chi connectivity index (χ0) is 7.11. The fourth-order valence-corrected chi connectivity index (χ4v) is 1.00. The third-order valence-electron chi connectivity index (χ3n) is 1.56. The van der Waals surface area contributed by atoms with E-state index < -0.39 is 0 Å². The third kappa shape index (κ3) is 4.46. The second kappa shape index (κ2) is 6.09. The van der Waals surface area contributed by atoms with Gasteiger partial charge in [-0.15, -0.1) is 0 Å². The molecule has 1 unspecified atom stereocenters. The van der Waals surface area contributed by atoms with E-state index >= 15 is 0 Å². The van der Waals surface area contributed by atoms with Crippen LogP contribution in [0.2, 0.25) is 0 Å². The zero-order valence-corrected chi connectivity index (χ0v) is 6.61. The fraction of sp³-hybridized carbons (Fsp3) is 0.875. The Bertz CT molecular complexity index is 46.5. The van der Waals surface area contributed by atoms with E-state index in [9.17, 15) is 0 Å². The van der Waals surface area contributed by atoms with Gasteiger partial charge in [-0.05, 0) is 26.3 Å². The van der Waals surface area contributed by atoms with Crippen LogP contribution in [0.25, 0.3) is 0 Å². The number of rotatable bonds is 5. The first-order valence-electron chi connectivity index (χ1n) is 3.87. The number of hydrogen-bond acceptors (Lipinski definition) is 1. The maximum absolute atomic E-state index is 3.74. The van der Waals surface area contributed by atoms with Crippen LogP contribution in [0.15, 0.2) is 0 Å². The Labute approximate surface area is 58.8 Å². The molecule has 1 radical (unpaired) electrons. The Kier molecular flexibility index (Phi) is 6.06. The molecular formula is C8H18N. The minimum Gasteiger partial charge on any atom is -0.314 e. The van der Waals surface area contributed by atoms with Crippen molar-refractivity contribution in [2.75, 3.05) is 6.54 Å². The molecule has 1 N–H and O–H groups in total. The van der Waals surface area contributed by atoms with Gasteiger partial charge >= 0.3 is 0 Å². The molecule has 0 aliphatic carbocycles. The third-order valence-corrected chi connectivity index (χ3v) is 1.56. The average molecular weight is 128 g/mol. The van der Waals surface area contributed by atoms with E-state index in [1.165, 1.54) is 19.3 Å². The van der Waals surface area contributed by atoms with Crippen LogP contribution in [0.3, 0.4) is 0 Å². The molecule has 0 fully saturated rings. The van der Waals surface area contributed by atoms with Crippen molar-refractivity contribution in [2.24, 2.45) is 0 Å². The van der Waals surface area contributed by atoms with Gasteiger partial charge in [0.05, 0.1) is 0 Å². The van der Waals surface area contributed by atoms with Crippen molar-refractivity contribution in [2.45, 2.75) is 39.2 Å². The summed E-state index contributed by atoms with van der Waals surface area (Å²) in [6.45, 7) is 9.03. The van der Waals surface area contributed by atoms with E-state index in [1.807, 2.05) is 0 Å². The van der Waals surface area contributed by atoms with Gasteiger partial charge in [0.2, 0.25) is 0 Å². The Morgan fingerprint density at radius 2 is 2.11 bits per heavy atom. The van der Waals surface area contributed by atoms with Crippen molar-refractivity contribution in [3.63, 3.8) is 0 Å². The molecule has 0 spiro atoms. The SMILES string of the molecule is [CH2]CNC(CC)CCC. The summed E-state index contributed by atoms with van der Waals surface area (Å²) in [4.78, 5) is 0. The molecular weight excluding hydrogens is 110 g/mol. The summed E-state index contributed by atoms with van der Waals surface area (Å²) in [7, 11) is 0. The molecule has 0 aromatic carbocycles. The monoisotopic (exact) mass is 128 g/mol. The van der Waals surface area contributed by atoms with Gasteiger partial charge in [-0.2, -0.15) is 0 Å². The van der Waals surface area contributed by atoms with E-state index in [1.54, 1.807) is 0 Å². The largest absolute Gasteiger partial charge is 0.314 e. The lowest BCUT2D eigenvalue weighted by Crippen LogP contribution is -2.27. The molecule has 1 nitrogen and oxygen atoms in total. The molecule has 0 rings (SSSR count). The second-order valence-electron chi connectivity index (χ2n) is 2.35. The lowest BCUT2D eigenvalue weighted by Gasteiger charge is -2.13. The van der Waals surface area contributed by atoms with Crippen molar-refractivity contribution in [1.29, 1.82) is 0 Å². The van der Waals surface area contributed by atoms with Gasteiger partial charge in [0.15, 0.2) is 0 Å². The van der Waals surface area contributed by atoms with Gasteiger partial charge in [0, 0.05) is 6.04 Å². The van der Waals surface area contributed by atoms with Crippen LogP contribution >= 0.6 is 0 Å². The molecule has 0 saturated carbocycles. The predicted molar refractivity (Wildman–Crippen MR) is 42.3 cm³/mol. The van der Waals surface area contributed by atoms with Gasteiger partial charge in [-0.25, -0.2) is 0 Å². The molecule has 0 aliphatic rings. The highest BCUT2D eigenvalue weighted by molar-refractivity contribution is 4.63. The molecule has 0 saturated heterocycles. The van der Waals surface area contributed by atoms with Gasteiger partial charge in [0.25, 0.3) is 0 Å². The molecule has 0 aromatic rings. The molecule has 0 aliphatic heterocycles. The lowest BCUT2D eigenvalue weighted by molar-refractivity contribution is 0.485. The summed E-state index contributed by atoms with van der Waals surface area (Å²) in [5, 5.41) is 3.32. The Morgan fingerprint density at radius 1 is 1.44 bits per heavy atom. The van der Waals surface area contributed by atoms with Crippen LogP contribution < -0.4 is 5.32 Å². The Hall–Kier alpha value is -0.0400. The molecule has 0 bridgehead atoms. The summed E-state index contributed by atoms with van der Waals surface area (Å²) >= 11 is 0. The van der Waals surface area contributed by atoms with E-state index in [-0.39, 0.29) is 0 Å². The highest BCUT2D eigenvalue weighted by atomic mass is 14.9. The predicted octanol–water partition coefficient (Wildman–Crippen LogP) is 1.99. The quantitative estimate of drug-likeness (QED) is 0.597. The summed E-state index contributed by atoms with van der Waals surface area (Å²) in [6, 6.07) is 0.701. The summed E-state index contributed by atoms with van der Waals surface area (Å²) < 4.78 is 0. The normalized spacial score (nSPS) is 13.7. The van der Waals surface area contributed by atoms with Crippen molar-refractivity contribution in [3.05, 3.63) is 6.92 Å². The molecule has 0 heterocycles. The smallest absolute Gasteiger partial charge is 0.00643 e. The van der Waals surface area contributed by atoms with Crippen LogP contribution in [-0.4, -0.2) is 12.6 Å². The first-order chi connectivity index (χ1) is 4.35. The van der Waals surface area contributed by atoms with Gasteiger partial charge in [0.1, 0.15) is 0 Å². The minimum atomic E-state index is 0.701. The lowest BCUT2D eigenvalue weighted by atomic mass is 10.1. The topological polar surface area (TPSA) is 12.0 Å². The van der Waals surface area contributed by atoms with Gasteiger partial charge in [-0.1, -0.05) is 20.3 Å². The molecule has 0 aromatic heterocycles. The number of nitrogens with one attached hydrogen (secondary N) is 1. The highest BCUT2D eigenvalue weighted by Gasteiger charge is 1.99. The maximum Gasteiger partial charge on any atom is 0.00643 e. The first-order valence-corrected chi connectivity index (χ1v) is 3.87. The van der Waals surface area contributed by atoms with E-state index in [4.69, 9.17) is 0 Å². The average Bonchev–Trinajstić information content (AvgIpc) is 1.88. The van der Waals surface area contributed by atoms with Crippen molar-refractivity contribution in [1.82, 2.24) is 5.32 Å². The Balaban J connectivity index is 3.18. The summed E-state index contributed by atoms with van der Waals surface area (Å²) in [5.41, 5.74) is 0. The van der Waals surface area contributed by atoms with Gasteiger partial charge < -0.3 is 5.32 Å². The molecule has 1 heteroatoms. The van der Waals surface area contributed by atoms with E-state index in [0.29, 0.717) is 6.04 Å². The highest BCUT2D eigenvalue weighted by Crippen LogP contribution is 1.99. The summed E-state index contributed by atoms with van der Waals surface area (Å²) in [6.07, 6.45) is 3.78. The van der Waals surface area contributed by atoms with Crippen LogP contribution in [-0.2, 0) is 0 Å². The molecule has 1 atom stereocenters. The van der Waals surface area contributed by atoms with Crippen LogP contribution in [0, 0.1) is 6.92 Å². The number of hydrogen-bond donors (Lipinski definition) is 1. The first kappa shape index (κ1) is 8.96. The summed E-state index contributed by atoms with van der Waals surface area (Å²) in [5.74, 6) is 0. The van der Waals surface area contributed by atoms with Crippen LogP contribution in [0.1, 0.15) is 33.1 Å². The molecule has 55 valence electrons. The van der Waals surface area contributed by atoms with E-state index in [0.717, 1.165) is 6.54 Å². The molecule has 9 heavy (non-hydrogen) atoms. The van der Waals surface area contributed by atoms with Crippen molar-refractivity contribution >= 4 is 0 Å². The zero-order valence-electron chi connectivity index (χ0n) is 6.61.